The molecule has 0 saturated carbocycles. The highest BCUT2D eigenvalue weighted by Crippen LogP contribution is 2.32. The number of ketones is 1. The minimum atomic E-state index is -4.58. The lowest BCUT2D eigenvalue weighted by molar-refractivity contribution is -0.137. The zero-order valence-electron chi connectivity index (χ0n) is 10.4. The number of hydrogen-bond acceptors (Lipinski definition) is 3. The van der Waals surface area contributed by atoms with Gasteiger partial charge in [0, 0.05) is 22.9 Å². The number of pyridine rings is 1. The number of nitrogens with zero attached hydrogens (tertiary/aromatic N) is 1. The molecule has 0 radical (unpaired) electrons. The van der Waals surface area contributed by atoms with Crippen molar-refractivity contribution in [1.82, 2.24) is 4.98 Å². The highest BCUT2D eigenvalue weighted by Gasteiger charge is 2.35. The third-order valence-electron chi connectivity index (χ3n) is 2.72. The van der Waals surface area contributed by atoms with Crippen molar-refractivity contribution >= 4 is 17.5 Å². The molecule has 20 heavy (non-hydrogen) atoms. The Bertz CT molecular complexity index is 623. The van der Waals surface area contributed by atoms with Crippen LogP contribution in [0.3, 0.4) is 0 Å². The van der Waals surface area contributed by atoms with Crippen LogP contribution in [0, 0.1) is 0 Å². The number of hydrogen-bond donors (Lipinski definition) is 0. The van der Waals surface area contributed by atoms with E-state index in [1.165, 1.54) is 23.9 Å². The predicted octanol–water partition coefficient (Wildman–Crippen LogP) is 4.05. The van der Waals surface area contributed by atoms with Gasteiger partial charge in [-0.05, 0) is 36.6 Å². The summed E-state index contributed by atoms with van der Waals surface area (Å²) in [4.78, 5) is 16.7. The molecule has 6 heteroatoms. The third-order valence-corrected chi connectivity index (χ3v) is 3.47. The zero-order valence-corrected chi connectivity index (χ0v) is 11.3. The second-order valence-corrected chi connectivity index (χ2v) is 4.86. The molecule has 1 aromatic carbocycles. The number of carbonyl (C=O) groups excluding carboxylic acids is 1. The molecule has 0 fully saturated rings. The molecular formula is C14H10F3NOS. The third kappa shape index (κ3) is 3.01. The fraction of sp³-hybridized carbons (Fsp3) is 0.143. The van der Waals surface area contributed by atoms with Crippen LogP contribution in [0.15, 0.2) is 47.6 Å². The van der Waals surface area contributed by atoms with Crippen molar-refractivity contribution < 1.29 is 18.0 Å². The van der Waals surface area contributed by atoms with Crippen molar-refractivity contribution in [3.8, 4) is 0 Å². The van der Waals surface area contributed by atoms with E-state index in [2.05, 4.69) is 4.98 Å². The number of rotatable bonds is 3. The minimum Gasteiger partial charge on any atom is -0.289 e. The van der Waals surface area contributed by atoms with Crippen LogP contribution in [0.4, 0.5) is 13.2 Å². The van der Waals surface area contributed by atoms with Gasteiger partial charge < -0.3 is 0 Å². The topological polar surface area (TPSA) is 30.0 Å². The van der Waals surface area contributed by atoms with Crippen LogP contribution in [0.5, 0.6) is 0 Å². The van der Waals surface area contributed by atoms with Gasteiger partial charge in [-0.1, -0.05) is 0 Å². The molecule has 0 aliphatic carbocycles. The fourth-order valence-corrected chi connectivity index (χ4v) is 2.13. The van der Waals surface area contributed by atoms with E-state index >= 15 is 0 Å². The van der Waals surface area contributed by atoms with E-state index in [0.29, 0.717) is 0 Å². The van der Waals surface area contributed by atoms with Crippen molar-refractivity contribution in [1.29, 1.82) is 0 Å². The Morgan fingerprint density at radius 1 is 1.15 bits per heavy atom. The molecular weight excluding hydrogens is 287 g/mol. The quantitative estimate of drug-likeness (QED) is 0.632. The van der Waals surface area contributed by atoms with Gasteiger partial charge >= 0.3 is 6.18 Å². The number of thioether (sulfide) groups is 1. The number of alkyl halides is 3. The number of halogens is 3. The lowest BCUT2D eigenvalue weighted by Gasteiger charge is -2.11. The molecule has 0 aliphatic heterocycles. The molecule has 0 spiro atoms. The summed E-state index contributed by atoms with van der Waals surface area (Å²) < 4.78 is 38.6. The first-order valence-corrected chi connectivity index (χ1v) is 6.86. The first-order chi connectivity index (χ1) is 9.43. The summed E-state index contributed by atoms with van der Waals surface area (Å²) in [5, 5.41) is 0. The first-order valence-electron chi connectivity index (χ1n) is 5.63. The van der Waals surface area contributed by atoms with Crippen LogP contribution < -0.4 is 0 Å². The molecule has 2 aromatic rings. The molecule has 0 amide bonds. The Morgan fingerprint density at radius 2 is 1.80 bits per heavy atom. The van der Waals surface area contributed by atoms with Crippen LogP contribution in [-0.2, 0) is 6.18 Å². The van der Waals surface area contributed by atoms with Crippen molar-refractivity contribution in [3.63, 3.8) is 0 Å². The van der Waals surface area contributed by atoms with Gasteiger partial charge in [-0.3, -0.25) is 9.78 Å². The monoisotopic (exact) mass is 297 g/mol. The summed E-state index contributed by atoms with van der Waals surface area (Å²) in [6, 6.07) is 7.23. The molecule has 0 bridgehead atoms. The van der Waals surface area contributed by atoms with E-state index in [4.69, 9.17) is 0 Å². The van der Waals surface area contributed by atoms with Crippen LogP contribution in [0.1, 0.15) is 21.5 Å². The molecule has 1 heterocycles. The van der Waals surface area contributed by atoms with Gasteiger partial charge in [0.1, 0.15) is 0 Å². The van der Waals surface area contributed by atoms with Crippen molar-refractivity contribution in [2.45, 2.75) is 11.1 Å². The molecule has 0 saturated heterocycles. The number of benzene rings is 1. The maximum Gasteiger partial charge on any atom is 0.417 e. The van der Waals surface area contributed by atoms with Gasteiger partial charge in [0.2, 0.25) is 0 Å². The molecule has 0 N–H and O–H groups in total. The van der Waals surface area contributed by atoms with Crippen molar-refractivity contribution in [2.24, 2.45) is 0 Å². The molecule has 0 aliphatic rings. The van der Waals surface area contributed by atoms with Gasteiger partial charge in [-0.2, -0.15) is 13.2 Å². The summed E-state index contributed by atoms with van der Waals surface area (Å²) in [5.74, 6) is -0.682. The van der Waals surface area contributed by atoms with E-state index in [-0.39, 0.29) is 5.56 Å². The molecule has 1 aromatic heterocycles. The summed E-state index contributed by atoms with van der Waals surface area (Å²) in [7, 11) is 0. The van der Waals surface area contributed by atoms with Gasteiger partial charge in [-0.15, -0.1) is 11.8 Å². The van der Waals surface area contributed by atoms with Gasteiger partial charge in [0.05, 0.1) is 11.1 Å². The van der Waals surface area contributed by atoms with Crippen molar-refractivity contribution in [3.05, 3.63) is 59.4 Å². The van der Waals surface area contributed by atoms with Crippen LogP contribution >= 0.6 is 11.8 Å². The van der Waals surface area contributed by atoms with Gasteiger partial charge in [-0.25, -0.2) is 0 Å². The van der Waals surface area contributed by atoms with E-state index in [1.807, 2.05) is 6.26 Å². The summed E-state index contributed by atoms with van der Waals surface area (Å²) >= 11 is 1.49. The minimum absolute atomic E-state index is 0.210. The van der Waals surface area contributed by atoms with Crippen LogP contribution in [-0.4, -0.2) is 17.0 Å². The zero-order chi connectivity index (χ0) is 14.8. The fourth-order valence-electron chi connectivity index (χ4n) is 1.72. The Labute approximate surface area is 118 Å². The second kappa shape index (κ2) is 5.66. The van der Waals surface area contributed by atoms with Crippen LogP contribution in [0.25, 0.3) is 0 Å². The standard InChI is InChI=1S/C14H10F3NOS/c1-20-10-4-2-9(3-5-10)13(19)11-8-18-7-6-12(11)14(15,16)17/h2-8H,1H3. The number of carbonyl (C=O) groups is 1. The molecule has 104 valence electrons. The van der Waals surface area contributed by atoms with E-state index < -0.39 is 23.1 Å². The second-order valence-electron chi connectivity index (χ2n) is 3.98. The first kappa shape index (κ1) is 14.6. The average molecular weight is 297 g/mol. The smallest absolute Gasteiger partial charge is 0.289 e. The summed E-state index contributed by atoms with van der Waals surface area (Å²) in [6.07, 6.45) is -0.725. The summed E-state index contributed by atoms with van der Waals surface area (Å²) in [6.45, 7) is 0. The van der Waals surface area contributed by atoms with Crippen molar-refractivity contribution in [2.75, 3.05) is 6.26 Å². The normalized spacial score (nSPS) is 11.4. The highest BCUT2D eigenvalue weighted by atomic mass is 32.2. The average Bonchev–Trinajstić information content (AvgIpc) is 2.46. The SMILES string of the molecule is CSc1ccc(C(=O)c2cnccc2C(F)(F)F)cc1. The maximum absolute atomic E-state index is 12.9. The van der Waals surface area contributed by atoms with Gasteiger partial charge in [0.15, 0.2) is 5.78 Å². The van der Waals surface area contributed by atoms with E-state index in [0.717, 1.165) is 23.4 Å². The van der Waals surface area contributed by atoms with E-state index in [1.54, 1.807) is 12.1 Å². The lowest BCUT2D eigenvalue weighted by Crippen LogP contribution is -2.14. The largest absolute Gasteiger partial charge is 0.417 e. The molecule has 2 nitrogen and oxygen atoms in total. The number of aromatic nitrogens is 1. The van der Waals surface area contributed by atoms with Crippen LogP contribution in [0.2, 0.25) is 0 Å². The van der Waals surface area contributed by atoms with E-state index in [9.17, 15) is 18.0 Å². The molecule has 0 atom stereocenters. The Kier molecular flexibility index (Phi) is 4.13. The Hall–Kier alpha value is -1.82. The molecule has 0 unspecified atom stereocenters. The van der Waals surface area contributed by atoms with Gasteiger partial charge in [0.25, 0.3) is 0 Å². The predicted molar refractivity (Wildman–Crippen MR) is 70.9 cm³/mol. The maximum atomic E-state index is 12.9. The molecule has 2 rings (SSSR count). The summed E-state index contributed by atoms with van der Waals surface area (Å²) in [5.41, 5.74) is -1.19. The Balaban J connectivity index is 2.43. The highest BCUT2D eigenvalue weighted by molar-refractivity contribution is 7.98. The Morgan fingerprint density at radius 3 is 2.35 bits per heavy atom. The lowest BCUT2D eigenvalue weighted by atomic mass is 10.0.